The Morgan fingerprint density at radius 2 is 1.25 bits per heavy atom. The molecule has 24 heavy (non-hydrogen) atoms. The van der Waals surface area contributed by atoms with Gasteiger partial charge in [0.2, 0.25) is 0 Å². The molecule has 0 radical (unpaired) electrons. The van der Waals surface area contributed by atoms with Gasteiger partial charge in [0.1, 0.15) is 0 Å². The second kappa shape index (κ2) is 10.1. The molecule has 5 nitrogen and oxygen atoms in total. The maximum Gasteiger partial charge on any atom is 0.0544 e. The van der Waals surface area contributed by atoms with Gasteiger partial charge >= 0.3 is 0 Å². The van der Waals surface area contributed by atoms with Crippen molar-refractivity contribution in [3.63, 3.8) is 0 Å². The highest BCUT2D eigenvalue weighted by Gasteiger charge is 2.00. The number of hydrogen-bond donors (Lipinski definition) is 2. The third-order valence-corrected chi connectivity index (χ3v) is 3.84. The third-order valence-electron chi connectivity index (χ3n) is 3.84. The van der Waals surface area contributed by atoms with Crippen LogP contribution >= 0.6 is 0 Å². The second-order valence-corrected chi connectivity index (χ2v) is 6.20. The Bertz CT molecular complexity index is 561. The van der Waals surface area contributed by atoms with E-state index in [-0.39, 0.29) is 0 Å². The summed E-state index contributed by atoms with van der Waals surface area (Å²) in [5.41, 5.74) is 4.34. The van der Waals surface area contributed by atoms with Crippen LogP contribution in [0.3, 0.4) is 0 Å². The van der Waals surface area contributed by atoms with Crippen LogP contribution < -0.4 is 10.6 Å². The van der Waals surface area contributed by atoms with Crippen LogP contribution in [-0.2, 0) is 13.1 Å². The third kappa shape index (κ3) is 7.17. The lowest BCUT2D eigenvalue weighted by Gasteiger charge is -2.17. The largest absolute Gasteiger partial charge is 0.310 e. The zero-order valence-electron chi connectivity index (χ0n) is 15.0. The van der Waals surface area contributed by atoms with Crippen molar-refractivity contribution in [3.05, 3.63) is 59.2 Å². The molecule has 0 aliphatic carbocycles. The Morgan fingerprint density at radius 3 is 1.67 bits per heavy atom. The standard InChI is InChI=1S/C19H29N5/c1-16-6-4-8-18(22-16)14-20-10-12-24(3)13-11-21-15-19-9-5-7-17(2)23-19/h4-9,20-21H,10-15H2,1-3H3. The Labute approximate surface area is 145 Å². The van der Waals surface area contributed by atoms with Gasteiger partial charge in [-0.25, -0.2) is 0 Å². The molecule has 0 aliphatic heterocycles. The minimum atomic E-state index is 0.826. The Balaban J connectivity index is 1.53. The van der Waals surface area contributed by atoms with Crippen LogP contribution in [0, 0.1) is 13.8 Å². The molecule has 0 aromatic carbocycles. The van der Waals surface area contributed by atoms with E-state index < -0.39 is 0 Å². The molecule has 0 atom stereocenters. The van der Waals surface area contributed by atoms with Crippen molar-refractivity contribution in [2.75, 3.05) is 33.2 Å². The normalized spacial score (nSPS) is 11.2. The van der Waals surface area contributed by atoms with Crippen molar-refractivity contribution in [2.45, 2.75) is 26.9 Å². The van der Waals surface area contributed by atoms with Crippen LogP contribution in [0.4, 0.5) is 0 Å². The molecule has 130 valence electrons. The predicted molar refractivity (Wildman–Crippen MR) is 98.9 cm³/mol. The van der Waals surface area contributed by atoms with E-state index in [1.165, 1.54) is 0 Å². The number of pyridine rings is 2. The maximum absolute atomic E-state index is 4.49. The van der Waals surface area contributed by atoms with Gasteiger partial charge in [-0.3, -0.25) is 9.97 Å². The molecule has 0 bridgehead atoms. The number of aryl methyl sites for hydroxylation is 2. The summed E-state index contributed by atoms with van der Waals surface area (Å²) < 4.78 is 0. The predicted octanol–water partition coefficient (Wildman–Crippen LogP) is 1.90. The number of likely N-dealkylation sites (N-methyl/N-ethyl adjacent to an activating group) is 1. The lowest BCUT2D eigenvalue weighted by molar-refractivity contribution is 0.328. The van der Waals surface area contributed by atoms with Crippen LogP contribution in [0.15, 0.2) is 36.4 Å². The van der Waals surface area contributed by atoms with E-state index in [1.54, 1.807) is 0 Å². The zero-order valence-corrected chi connectivity index (χ0v) is 15.0. The highest BCUT2D eigenvalue weighted by atomic mass is 15.1. The Kier molecular flexibility index (Phi) is 7.82. The lowest BCUT2D eigenvalue weighted by atomic mass is 10.3. The molecule has 0 saturated heterocycles. The number of rotatable bonds is 10. The van der Waals surface area contributed by atoms with Gasteiger partial charge in [-0.2, -0.15) is 0 Å². The Hall–Kier alpha value is -1.82. The fourth-order valence-corrected chi connectivity index (χ4v) is 2.48. The molecule has 0 unspecified atom stereocenters. The average molecular weight is 327 g/mol. The van der Waals surface area contributed by atoms with Gasteiger partial charge in [0.25, 0.3) is 0 Å². The zero-order chi connectivity index (χ0) is 17.2. The highest BCUT2D eigenvalue weighted by molar-refractivity contribution is 5.10. The molecule has 2 aromatic rings. The van der Waals surface area contributed by atoms with E-state index in [1.807, 2.05) is 26.0 Å². The summed E-state index contributed by atoms with van der Waals surface area (Å²) in [5.74, 6) is 0. The van der Waals surface area contributed by atoms with Crippen LogP contribution in [0.5, 0.6) is 0 Å². The molecule has 2 N–H and O–H groups in total. The monoisotopic (exact) mass is 327 g/mol. The van der Waals surface area contributed by atoms with E-state index in [2.05, 4.69) is 56.8 Å². The van der Waals surface area contributed by atoms with Crippen LogP contribution in [0.2, 0.25) is 0 Å². The van der Waals surface area contributed by atoms with Crippen LogP contribution in [-0.4, -0.2) is 48.1 Å². The molecule has 0 aliphatic rings. The second-order valence-electron chi connectivity index (χ2n) is 6.20. The summed E-state index contributed by atoms with van der Waals surface area (Å²) in [7, 11) is 2.15. The maximum atomic E-state index is 4.49. The van der Waals surface area contributed by atoms with Gasteiger partial charge in [-0.1, -0.05) is 12.1 Å². The van der Waals surface area contributed by atoms with Gasteiger partial charge < -0.3 is 15.5 Å². The summed E-state index contributed by atoms with van der Waals surface area (Å²) in [5, 5.41) is 6.90. The van der Waals surface area contributed by atoms with E-state index in [0.717, 1.165) is 62.0 Å². The van der Waals surface area contributed by atoms with Gasteiger partial charge in [0.15, 0.2) is 0 Å². The first-order chi connectivity index (χ1) is 11.6. The minimum absolute atomic E-state index is 0.826. The van der Waals surface area contributed by atoms with Gasteiger partial charge in [0.05, 0.1) is 11.4 Å². The molecule has 0 spiro atoms. The van der Waals surface area contributed by atoms with Gasteiger partial charge in [-0.15, -0.1) is 0 Å². The smallest absolute Gasteiger partial charge is 0.0544 e. The fraction of sp³-hybridized carbons (Fsp3) is 0.474. The summed E-state index contributed by atoms with van der Waals surface area (Å²) in [6.07, 6.45) is 0. The summed E-state index contributed by atoms with van der Waals surface area (Å²) in [6, 6.07) is 12.3. The van der Waals surface area contributed by atoms with Crippen molar-refractivity contribution in [3.8, 4) is 0 Å². The molecule has 5 heteroatoms. The average Bonchev–Trinajstić information content (AvgIpc) is 2.56. The lowest BCUT2D eigenvalue weighted by Crippen LogP contribution is -2.34. The number of hydrogen-bond acceptors (Lipinski definition) is 5. The van der Waals surface area contributed by atoms with E-state index in [4.69, 9.17) is 0 Å². The topological polar surface area (TPSA) is 53.1 Å². The van der Waals surface area contributed by atoms with Crippen molar-refractivity contribution in [2.24, 2.45) is 0 Å². The van der Waals surface area contributed by atoms with E-state index in [0.29, 0.717) is 0 Å². The first-order valence-corrected chi connectivity index (χ1v) is 8.58. The van der Waals surface area contributed by atoms with Gasteiger partial charge in [0, 0.05) is 50.7 Å². The quantitative estimate of drug-likeness (QED) is 0.653. The molecule has 0 amide bonds. The SMILES string of the molecule is Cc1cccc(CNCCN(C)CCNCc2cccc(C)n2)n1. The van der Waals surface area contributed by atoms with Crippen LogP contribution in [0.1, 0.15) is 22.8 Å². The first kappa shape index (κ1) is 18.5. The minimum Gasteiger partial charge on any atom is -0.310 e. The van der Waals surface area contributed by atoms with Crippen molar-refractivity contribution < 1.29 is 0 Å². The number of nitrogens with one attached hydrogen (secondary N) is 2. The molecule has 0 fully saturated rings. The first-order valence-electron chi connectivity index (χ1n) is 8.58. The summed E-state index contributed by atoms with van der Waals surface area (Å²) >= 11 is 0. The Morgan fingerprint density at radius 1 is 0.792 bits per heavy atom. The van der Waals surface area contributed by atoms with E-state index in [9.17, 15) is 0 Å². The molecule has 0 saturated carbocycles. The molecular formula is C19H29N5. The molecule has 2 aromatic heterocycles. The van der Waals surface area contributed by atoms with E-state index >= 15 is 0 Å². The number of aromatic nitrogens is 2. The molecule has 2 heterocycles. The number of nitrogens with zero attached hydrogens (tertiary/aromatic N) is 3. The van der Waals surface area contributed by atoms with Crippen LogP contribution in [0.25, 0.3) is 0 Å². The van der Waals surface area contributed by atoms with Crippen molar-refractivity contribution in [1.29, 1.82) is 0 Å². The molecular weight excluding hydrogens is 298 g/mol. The molecule has 2 rings (SSSR count). The van der Waals surface area contributed by atoms with Gasteiger partial charge in [-0.05, 0) is 45.2 Å². The van der Waals surface area contributed by atoms with Crippen molar-refractivity contribution >= 4 is 0 Å². The summed E-state index contributed by atoms with van der Waals surface area (Å²) in [6.45, 7) is 9.68. The fourth-order valence-electron chi connectivity index (χ4n) is 2.48. The van der Waals surface area contributed by atoms with Crippen molar-refractivity contribution in [1.82, 2.24) is 25.5 Å². The highest BCUT2D eigenvalue weighted by Crippen LogP contribution is 1.98. The summed E-state index contributed by atoms with van der Waals surface area (Å²) in [4.78, 5) is 11.3.